The van der Waals surface area contributed by atoms with Crippen LogP contribution in [0.3, 0.4) is 0 Å². The van der Waals surface area contributed by atoms with E-state index in [2.05, 4.69) is 93.0 Å². The normalized spacial score (nSPS) is 9.94. The van der Waals surface area contributed by atoms with Crippen LogP contribution in [0.2, 0.25) is 0 Å². The standard InChI is InChI=1S/C22H18.C12H14/c1-17(19-10-5-3-6-11-19)21-14-9-15-22(16-21)18(2)20-12-7-4-8-13-20;1-9(2)11-6-5-7-12(8-11)10(3)4/h3-16H,1-2H2;5-8H,1,3H2,2,4H3. The van der Waals surface area contributed by atoms with Crippen molar-refractivity contribution in [2.75, 3.05) is 0 Å². The van der Waals surface area contributed by atoms with Crippen molar-refractivity contribution in [3.8, 4) is 0 Å². The van der Waals surface area contributed by atoms with E-state index in [-0.39, 0.29) is 0 Å². The number of rotatable bonds is 6. The zero-order chi connectivity index (χ0) is 24.5. The second-order valence-electron chi connectivity index (χ2n) is 8.41. The fourth-order valence-electron chi connectivity index (χ4n) is 3.56. The van der Waals surface area contributed by atoms with E-state index in [1.807, 2.05) is 56.3 Å². The van der Waals surface area contributed by atoms with Crippen molar-refractivity contribution in [2.45, 2.75) is 13.8 Å². The smallest absolute Gasteiger partial charge is 0.0178 e. The van der Waals surface area contributed by atoms with Crippen molar-refractivity contribution in [1.29, 1.82) is 0 Å². The average Bonchev–Trinajstić information content (AvgIpc) is 2.89. The molecule has 0 heteroatoms. The van der Waals surface area contributed by atoms with Gasteiger partial charge in [-0.3, -0.25) is 0 Å². The second-order valence-corrected chi connectivity index (χ2v) is 8.41. The lowest BCUT2D eigenvalue weighted by molar-refractivity contribution is 1.51. The highest BCUT2D eigenvalue weighted by Gasteiger charge is 2.06. The van der Waals surface area contributed by atoms with Crippen LogP contribution in [-0.2, 0) is 0 Å². The topological polar surface area (TPSA) is 0 Å². The molecule has 0 saturated carbocycles. The summed E-state index contributed by atoms with van der Waals surface area (Å²) in [5, 5.41) is 0. The molecule has 4 aromatic rings. The van der Waals surface area contributed by atoms with Crippen LogP contribution >= 0.6 is 0 Å². The van der Waals surface area contributed by atoms with E-state index < -0.39 is 0 Å². The van der Waals surface area contributed by atoms with Gasteiger partial charge >= 0.3 is 0 Å². The number of benzene rings is 4. The Labute approximate surface area is 204 Å². The molecule has 0 radical (unpaired) electrons. The Balaban J connectivity index is 0.000000229. The number of hydrogen-bond donors (Lipinski definition) is 0. The molecule has 0 spiro atoms. The summed E-state index contributed by atoms with van der Waals surface area (Å²) in [6.07, 6.45) is 0. The molecule has 34 heavy (non-hydrogen) atoms. The van der Waals surface area contributed by atoms with Gasteiger partial charge in [0, 0.05) is 0 Å². The molecule has 168 valence electrons. The first-order valence-electron chi connectivity index (χ1n) is 11.4. The Kier molecular flexibility index (Phi) is 8.37. The first kappa shape index (κ1) is 24.5. The Morgan fingerprint density at radius 3 is 1.03 bits per heavy atom. The highest BCUT2D eigenvalue weighted by molar-refractivity contribution is 5.83. The summed E-state index contributed by atoms with van der Waals surface area (Å²) in [6.45, 7) is 20.3. The number of hydrogen-bond acceptors (Lipinski definition) is 0. The lowest BCUT2D eigenvalue weighted by Crippen LogP contribution is -1.90. The van der Waals surface area contributed by atoms with Gasteiger partial charge in [-0.1, -0.05) is 135 Å². The SMILES string of the molecule is C=C(C)c1cccc(C(=C)C)c1.C=C(c1ccccc1)c1cccc(C(=C)c2ccccc2)c1. The fourth-order valence-corrected chi connectivity index (χ4v) is 3.56. The molecule has 0 bridgehead atoms. The Morgan fingerprint density at radius 1 is 0.382 bits per heavy atom. The van der Waals surface area contributed by atoms with Gasteiger partial charge in [-0.15, -0.1) is 0 Å². The molecular formula is C34H32. The van der Waals surface area contributed by atoms with Crippen LogP contribution in [-0.4, -0.2) is 0 Å². The summed E-state index contributed by atoms with van der Waals surface area (Å²) in [5.41, 5.74) is 11.2. The maximum absolute atomic E-state index is 4.24. The zero-order valence-electron chi connectivity index (χ0n) is 20.2. The van der Waals surface area contributed by atoms with Crippen LogP contribution in [0.15, 0.2) is 136 Å². The zero-order valence-corrected chi connectivity index (χ0v) is 20.2. The van der Waals surface area contributed by atoms with Crippen molar-refractivity contribution in [1.82, 2.24) is 0 Å². The van der Waals surface area contributed by atoms with Crippen molar-refractivity contribution in [3.63, 3.8) is 0 Å². The highest BCUT2D eigenvalue weighted by atomic mass is 14.1. The molecule has 0 fully saturated rings. The summed E-state index contributed by atoms with van der Waals surface area (Å²) in [7, 11) is 0. The molecule has 4 rings (SSSR count). The first-order valence-corrected chi connectivity index (χ1v) is 11.4. The largest absolute Gasteiger partial charge is 0.0955 e. The van der Waals surface area contributed by atoms with Gasteiger partial charge in [-0.25, -0.2) is 0 Å². The molecule has 0 aliphatic rings. The quantitative estimate of drug-likeness (QED) is 0.280. The minimum atomic E-state index is 1.03. The Bertz CT molecular complexity index is 1210. The van der Waals surface area contributed by atoms with Gasteiger partial charge in [0.25, 0.3) is 0 Å². The van der Waals surface area contributed by atoms with Crippen molar-refractivity contribution in [2.24, 2.45) is 0 Å². The van der Waals surface area contributed by atoms with Crippen molar-refractivity contribution < 1.29 is 0 Å². The van der Waals surface area contributed by atoms with Crippen LogP contribution in [0.25, 0.3) is 22.3 Å². The Hall–Kier alpha value is -4.16. The van der Waals surface area contributed by atoms with E-state index in [4.69, 9.17) is 0 Å². The van der Waals surface area contributed by atoms with E-state index in [0.29, 0.717) is 0 Å². The third-order valence-electron chi connectivity index (χ3n) is 5.65. The summed E-state index contributed by atoms with van der Waals surface area (Å²) in [5.74, 6) is 0. The molecule has 0 unspecified atom stereocenters. The van der Waals surface area contributed by atoms with Crippen LogP contribution < -0.4 is 0 Å². The van der Waals surface area contributed by atoms with Gasteiger partial charge in [-0.05, 0) is 70.5 Å². The monoisotopic (exact) mass is 440 g/mol. The van der Waals surface area contributed by atoms with Gasteiger partial charge in [0.1, 0.15) is 0 Å². The molecule has 0 N–H and O–H groups in total. The number of allylic oxidation sites excluding steroid dienone is 2. The molecule has 0 aliphatic heterocycles. The minimum absolute atomic E-state index is 1.03. The van der Waals surface area contributed by atoms with E-state index in [9.17, 15) is 0 Å². The first-order chi connectivity index (χ1) is 16.4. The third-order valence-corrected chi connectivity index (χ3v) is 5.65. The third kappa shape index (κ3) is 6.43. The predicted octanol–water partition coefficient (Wildman–Crippen LogP) is 9.56. The van der Waals surface area contributed by atoms with Gasteiger partial charge in [0.15, 0.2) is 0 Å². The van der Waals surface area contributed by atoms with E-state index in [1.165, 1.54) is 11.1 Å². The molecule has 0 nitrogen and oxygen atoms in total. The minimum Gasteiger partial charge on any atom is -0.0955 e. The molecular weight excluding hydrogens is 408 g/mol. The summed E-state index contributed by atoms with van der Waals surface area (Å²) < 4.78 is 0. The molecule has 4 aromatic carbocycles. The fraction of sp³-hybridized carbons (Fsp3) is 0.0588. The van der Waals surface area contributed by atoms with Gasteiger partial charge in [0.05, 0.1) is 0 Å². The lowest BCUT2D eigenvalue weighted by Gasteiger charge is -2.11. The van der Waals surface area contributed by atoms with Crippen molar-refractivity contribution >= 4 is 22.3 Å². The molecule has 0 heterocycles. The van der Waals surface area contributed by atoms with Crippen LogP contribution in [0.4, 0.5) is 0 Å². The van der Waals surface area contributed by atoms with Gasteiger partial charge < -0.3 is 0 Å². The molecule has 0 aromatic heterocycles. The van der Waals surface area contributed by atoms with Gasteiger partial charge in [0.2, 0.25) is 0 Å². The summed E-state index contributed by atoms with van der Waals surface area (Å²) >= 11 is 0. The summed E-state index contributed by atoms with van der Waals surface area (Å²) in [4.78, 5) is 0. The van der Waals surface area contributed by atoms with Crippen LogP contribution in [0.5, 0.6) is 0 Å². The van der Waals surface area contributed by atoms with E-state index >= 15 is 0 Å². The second kappa shape index (κ2) is 11.6. The van der Waals surface area contributed by atoms with Crippen LogP contribution in [0, 0.1) is 0 Å². The maximum Gasteiger partial charge on any atom is -0.0178 e. The average molecular weight is 441 g/mol. The van der Waals surface area contributed by atoms with E-state index in [0.717, 1.165) is 44.5 Å². The molecule has 0 amide bonds. The predicted molar refractivity (Wildman–Crippen MR) is 151 cm³/mol. The summed E-state index contributed by atoms with van der Waals surface area (Å²) in [6, 6.07) is 37.2. The Morgan fingerprint density at radius 2 is 0.676 bits per heavy atom. The highest BCUT2D eigenvalue weighted by Crippen LogP contribution is 2.27. The maximum atomic E-state index is 4.24. The lowest BCUT2D eigenvalue weighted by atomic mass is 9.94. The van der Waals surface area contributed by atoms with Crippen molar-refractivity contribution in [3.05, 3.63) is 169 Å². The van der Waals surface area contributed by atoms with Gasteiger partial charge in [-0.2, -0.15) is 0 Å². The molecule has 0 atom stereocenters. The van der Waals surface area contributed by atoms with Crippen LogP contribution in [0.1, 0.15) is 47.2 Å². The molecule has 0 aliphatic carbocycles. The van der Waals surface area contributed by atoms with E-state index in [1.54, 1.807) is 0 Å². The molecule has 0 saturated heterocycles.